The molecular formula is C17H26N2O5S. The van der Waals surface area contributed by atoms with Crippen LogP contribution in [0.3, 0.4) is 0 Å². The van der Waals surface area contributed by atoms with Crippen LogP contribution in [0.5, 0.6) is 11.5 Å². The molecule has 140 valence electrons. The van der Waals surface area contributed by atoms with Gasteiger partial charge in [-0.3, -0.25) is 4.79 Å². The highest BCUT2D eigenvalue weighted by molar-refractivity contribution is 7.89. The largest absolute Gasteiger partial charge is 0.486 e. The van der Waals surface area contributed by atoms with Crippen molar-refractivity contribution in [3.05, 3.63) is 18.2 Å². The van der Waals surface area contributed by atoms with Crippen LogP contribution in [0.15, 0.2) is 23.1 Å². The number of rotatable bonds is 8. The topological polar surface area (TPSA) is 93.7 Å². The number of carbonyl (C=O) groups excluding carboxylic acids is 1. The second kappa shape index (κ2) is 8.53. The number of ether oxygens (including phenoxy) is 2. The third-order valence-corrected chi connectivity index (χ3v) is 5.32. The standard InChI is InChI=1S/C17H26N2O5S/c1-4-5-8-18-17(20)16(12(2)3)19-25(21,22)13-6-7-14-15(11-13)24-10-9-23-14/h6-7,11-12,16,19H,4-5,8-10H2,1-3H3,(H,18,20)/t16-/m0/s1. The van der Waals surface area contributed by atoms with Crippen LogP contribution in [0.1, 0.15) is 33.6 Å². The summed E-state index contributed by atoms with van der Waals surface area (Å²) in [5.41, 5.74) is 0. The van der Waals surface area contributed by atoms with Gasteiger partial charge >= 0.3 is 0 Å². The lowest BCUT2D eigenvalue weighted by atomic mass is 10.1. The van der Waals surface area contributed by atoms with E-state index in [1.165, 1.54) is 12.1 Å². The molecule has 0 spiro atoms. The molecule has 1 aliphatic heterocycles. The Balaban J connectivity index is 2.15. The second-order valence-corrected chi connectivity index (χ2v) is 8.01. The summed E-state index contributed by atoms with van der Waals surface area (Å²) in [6.45, 7) is 6.97. The molecule has 0 saturated heterocycles. The maximum absolute atomic E-state index is 12.7. The van der Waals surface area contributed by atoms with Crippen molar-refractivity contribution in [2.24, 2.45) is 5.92 Å². The first kappa shape index (κ1) is 19.5. The first-order valence-electron chi connectivity index (χ1n) is 8.55. The van der Waals surface area contributed by atoms with E-state index in [0.717, 1.165) is 12.8 Å². The smallest absolute Gasteiger partial charge is 0.241 e. The predicted octanol–water partition coefficient (Wildman–Crippen LogP) is 1.68. The lowest BCUT2D eigenvalue weighted by molar-refractivity contribution is -0.123. The molecule has 2 N–H and O–H groups in total. The molecule has 1 aromatic rings. The van der Waals surface area contributed by atoms with E-state index >= 15 is 0 Å². The Morgan fingerprint density at radius 2 is 1.88 bits per heavy atom. The fourth-order valence-corrected chi connectivity index (χ4v) is 3.78. The highest BCUT2D eigenvalue weighted by Crippen LogP contribution is 2.32. The zero-order valence-electron chi connectivity index (χ0n) is 14.9. The van der Waals surface area contributed by atoms with E-state index in [1.807, 2.05) is 6.92 Å². The van der Waals surface area contributed by atoms with Gasteiger partial charge in [-0.1, -0.05) is 27.2 Å². The fourth-order valence-electron chi connectivity index (χ4n) is 2.42. The van der Waals surface area contributed by atoms with Crippen LogP contribution in [0.4, 0.5) is 0 Å². The Labute approximate surface area is 149 Å². The number of unbranched alkanes of at least 4 members (excludes halogenated alkanes) is 1. The van der Waals surface area contributed by atoms with Gasteiger partial charge < -0.3 is 14.8 Å². The Kier molecular flexibility index (Phi) is 6.66. The Morgan fingerprint density at radius 1 is 1.20 bits per heavy atom. The van der Waals surface area contributed by atoms with Crippen LogP contribution in [0.2, 0.25) is 0 Å². The number of fused-ring (bicyclic) bond motifs is 1. The van der Waals surface area contributed by atoms with E-state index < -0.39 is 16.1 Å². The molecule has 7 nitrogen and oxygen atoms in total. The third kappa shape index (κ3) is 5.09. The summed E-state index contributed by atoms with van der Waals surface area (Å²) < 4.78 is 38.7. The molecule has 0 bridgehead atoms. The molecule has 0 saturated carbocycles. The number of carbonyl (C=O) groups is 1. The third-order valence-electron chi connectivity index (χ3n) is 3.88. The molecule has 0 unspecified atom stereocenters. The van der Waals surface area contributed by atoms with Crippen LogP contribution >= 0.6 is 0 Å². The van der Waals surface area contributed by atoms with Crippen molar-refractivity contribution < 1.29 is 22.7 Å². The SMILES string of the molecule is CCCCNC(=O)[C@@H](NS(=O)(=O)c1ccc2c(c1)OCCO2)C(C)C. The van der Waals surface area contributed by atoms with Crippen molar-refractivity contribution in [1.82, 2.24) is 10.0 Å². The van der Waals surface area contributed by atoms with Gasteiger partial charge in [0.25, 0.3) is 0 Å². The summed E-state index contributed by atoms with van der Waals surface area (Å²) in [4.78, 5) is 12.4. The quantitative estimate of drug-likeness (QED) is 0.679. The van der Waals surface area contributed by atoms with Crippen molar-refractivity contribution in [3.8, 4) is 11.5 Å². The van der Waals surface area contributed by atoms with Gasteiger partial charge in [-0.05, 0) is 24.5 Å². The molecular weight excluding hydrogens is 344 g/mol. The van der Waals surface area contributed by atoms with Gasteiger partial charge in [-0.2, -0.15) is 4.72 Å². The highest BCUT2D eigenvalue weighted by Gasteiger charge is 2.29. The van der Waals surface area contributed by atoms with E-state index in [-0.39, 0.29) is 16.7 Å². The maximum atomic E-state index is 12.7. The zero-order chi connectivity index (χ0) is 18.4. The number of benzene rings is 1. The van der Waals surface area contributed by atoms with Gasteiger partial charge in [0, 0.05) is 12.6 Å². The minimum Gasteiger partial charge on any atom is -0.486 e. The average Bonchev–Trinajstić information content (AvgIpc) is 2.59. The summed E-state index contributed by atoms with van der Waals surface area (Å²) in [7, 11) is -3.86. The second-order valence-electron chi connectivity index (χ2n) is 6.29. The average molecular weight is 370 g/mol. The molecule has 1 amide bonds. The molecule has 1 heterocycles. The Morgan fingerprint density at radius 3 is 2.52 bits per heavy atom. The molecule has 2 rings (SSSR count). The van der Waals surface area contributed by atoms with E-state index in [0.29, 0.717) is 31.3 Å². The highest BCUT2D eigenvalue weighted by atomic mass is 32.2. The van der Waals surface area contributed by atoms with Crippen LogP contribution in [-0.4, -0.2) is 40.1 Å². The van der Waals surface area contributed by atoms with Gasteiger partial charge in [-0.15, -0.1) is 0 Å². The van der Waals surface area contributed by atoms with E-state index in [1.54, 1.807) is 19.9 Å². The first-order valence-corrected chi connectivity index (χ1v) is 10.0. The van der Waals surface area contributed by atoms with Crippen LogP contribution in [0, 0.1) is 5.92 Å². The zero-order valence-corrected chi connectivity index (χ0v) is 15.7. The molecule has 1 aromatic carbocycles. The predicted molar refractivity (Wildman–Crippen MR) is 94.3 cm³/mol. The van der Waals surface area contributed by atoms with Crippen molar-refractivity contribution in [3.63, 3.8) is 0 Å². The number of hydrogen-bond donors (Lipinski definition) is 2. The lowest BCUT2D eigenvalue weighted by Crippen LogP contribution is -2.49. The monoisotopic (exact) mass is 370 g/mol. The van der Waals surface area contributed by atoms with Crippen molar-refractivity contribution in [2.45, 2.75) is 44.6 Å². The van der Waals surface area contributed by atoms with Crippen LogP contribution in [-0.2, 0) is 14.8 Å². The molecule has 0 fully saturated rings. The van der Waals surface area contributed by atoms with Crippen LogP contribution < -0.4 is 19.5 Å². The summed E-state index contributed by atoms with van der Waals surface area (Å²) >= 11 is 0. The summed E-state index contributed by atoms with van der Waals surface area (Å²) in [5.74, 6) is 0.406. The molecule has 0 aromatic heterocycles. The van der Waals surface area contributed by atoms with Gasteiger partial charge in [0.15, 0.2) is 11.5 Å². The van der Waals surface area contributed by atoms with E-state index in [9.17, 15) is 13.2 Å². The number of nitrogens with one attached hydrogen (secondary N) is 2. The minimum absolute atomic E-state index is 0.0451. The molecule has 1 atom stereocenters. The molecule has 1 aliphatic rings. The van der Waals surface area contributed by atoms with Gasteiger partial charge in [0.05, 0.1) is 4.90 Å². The number of sulfonamides is 1. The number of hydrogen-bond acceptors (Lipinski definition) is 5. The van der Waals surface area contributed by atoms with E-state index in [2.05, 4.69) is 10.0 Å². The van der Waals surface area contributed by atoms with Gasteiger partial charge in [0.2, 0.25) is 15.9 Å². The fraction of sp³-hybridized carbons (Fsp3) is 0.588. The molecule has 25 heavy (non-hydrogen) atoms. The maximum Gasteiger partial charge on any atom is 0.241 e. The molecule has 0 radical (unpaired) electrons. The van der Waals surface area contributed by atoms with E-state index in [4.69, 9.17) is 9.47 Å². The van der Waals surface area contributed by atoms with Gasteiger partial charge in [0.1, 0.15) is 19.3 Å². The number of amides is 1. The first-order chi connectivity index (χ1) is 11.8. The van der Waals surface area contributed by atoms with Crippen molar-refractivity contribution in [1.29, 1.82) is 0 Å². The minimum atomic E-state index is -3.86. The summed E-state index contributed by atoms with van der Waals surface area (Å²) in [6.07, 6.45) is 1.81. The summed E-state index contributed by atoms with van der Waals surface area (Å²) in [5, 5.41) is 2.78. The van der Waals surface area contributed by atoms with Gasteiger partial charge in [-0.25, -0.2) is 8.42 Å². The van der Waals surface area contributed by atoms with Crippen molar-refractivity contribution in [2.75, 3.05) is 19.8 Å². The Bertz CT molecular complexity index is 703. The Hall–Kier alpha value is -1.80. The van der Waals surface area contributed by atoms with Crippen molar-refractivity contribution >= 4 is 15.9 Å². The molecule has 8 heteroatoms. The lowest BCUT2D eigenvalue weighted by Gasteiger charge is -2.23. The van der Waals surface area contributed by atoms with Crippen LogP contribution in [0.25, 0.3) is 0 Å². The normalized spacial score (nSPS) is 15.0. The summed E-state index contributed by atoms with van der Waals surface area (Å²) in [6, 6.07) is 3.59. The molecule has 0 aliphatic carbocycles.